The van der Waals surface area contributed by atoms with Crippen molar-refractivity contribution in [3.8, 4) is 17.1 Å². The van der Waals surface area contributed by atoms with E-state index in [4.69, 9.17) is 4.74 Å². The minimum absolute atomic E-state index is 0.207. The van der Waals surface area contributed by atoms with Crippen LogP contribution < -0.4 is 15.4 Å². The third kappa shape index (κ3) is 3.89. The van der Waals surface area contributed by atoms with Gasteiger partial charge in [0, 0.05) is 50.3 Å². The summed E-state index contributed by atoms with van der Waals surface area (Å²) in [7, 11) is 3.37. The van der Waals surface area contributed by atoms with Gasteiger partial charge in [-0.3, -0.25) is 9.48 Å². The van der Waals surface area contributed by atoms with Crippen LogP contribution in [-0.2, 0) is 11.8 Å². The van der Waals surface area contributed by atoms with Crippen LogP contribution in [0.1, 0.15) is 6.92 Å². The molecule has 128 valence electrons. The summed E-state index contributed by atoms with van der Waals surface area (Å²) >= 11 is 0. The number of pyridine rings is 1. The number of nitrogens with zero attached hydrogens (tertiary/aromatic N) is 5. The minimum atomic E-state index is -0.207. The Bertz CT molecular complexity index is 907. The second-order valence-electron chi connectivity index (χ2n) is 5.22. The van der Waals surface area contributed by atoms with Gasteiger partial charge in [0.1, 0.15) is 5.82 Å². The Kier molecular flexibility index (Phi) is 4.55. The van der Waals surface area contributed by atoms with Gasteiger partial charge in [-0.1, -0.05) is 0 Å². The van der Waals surface area contributed by atoms with Gasteiger partial charge in [-0.25, -0.2) is 9.97 Å². The van der Waals surface area contributed by atoms with Crippen molar-refractivity contribution in [1.29, 1.82) is 0 Å². The molecule has 0 aromatic carbocycles. The van der Waals surface area contributed by atoms with Gasteiger partial charge < -0.3 is 15.4 Å². The molecule has 3 rings (SSSR count). The predicted molar refractivity (Wildman–Crippen MR) is 92.6 cm³/mol. The Morgan fingerprint density at radius 3 is 2.80 bits per heavy atom. The number of nitrogens with one attached hydrogen (secondary N) is 2. The molecular formula is C16H17N7O2. The minimum Gasteiger partial charge on any atom is -0.481 e. The van der Waals surface area contributed by atoms with Crippen LogP contribution in [0.4, 0.5) is 17.5 Å². The van der Waals surface area contributed by atoms with Crippen LogP contribution in [0.3, 0.4) is 0 Å². The van der Waals surface area contributed by atoms with Crippen molar-refractivity contribution in [1.82, 2.24) is 24.7 Å². The van der Waals surface area contributed by atoms with Crippen molar-refractivity contribution in [3.63, 3.8) is 0 Å². The van der Waals surface area contributed by atoms with E-state index in [0.717, 1.165) is 11.3 Å². The molecule has 0 unspecified atom stereocenters. The molecule has 1 amide bonds. The maximum Gasteiger partial charge on any atom is 0.230 e. The molecule has 0 atom stereocenters. The fourth-order valence-corrected chi connectivity index (χ4v) is 2.21. The number of amides is 1. The maximum atomic E-state index is 11.3. The molecule has 0 saturated carbocycles. The SMILES string of the molecule is COc1ccnc(Nc2cc(NC(C)=O)ncc2-c2ccn(C)n2)n1. The molecule has 0 bridgehead atoms. The Hall–Kier alpha value is -3.49. The van der Waals surface area contributed by atoms with Crippen LogP contribution in [0.15, 0.2) is 36.8 Å². The number of aryl methyl sites for hydroxylation is 1. The van der Waals surface area contributed by atoms with E-state index in [0.29, 0.717) is 23.3 Å². The average Bonchev–Trinajstić information content (AvgIpc) is 3.01. The number of rotatable bonds is 5. The molecule has 3 aromatic rings. The largest absolute Gasteiger partial charge is 0.481 e. The Balaban J connectivity index is 2.01. The lowest BCUT2D eigenvalue weighted by Crippen LogP contribution is -2.08. The van der Waals surface area contributed by atoms with Crippen molar-refractivity contribution in [2.45, 2.75) is 6.92 Å². The summed E-state index contributed by atoms with van der Waals surface area (Å²) in [5, 5.41) is 10.2. The van der Waals surface area contributed by atoms with Gasteiger partial charge in [-0.2, -0.15) is 10.1 Å². The summed E-state index contributed by atoms with van der Waals surface area (Å²) in [6.45, 7) is 1.42. The highest BCUT2D eigenvalue weighted by Gasteiger charge is 2.12. The fraction of sp³-hybridized carbons (Fsp3) is 0.188. The lowest BCUT2D eigenvalue weighted by atomic mass is 10.1. The standard InChI is InChI=1S/C16H17N7O2/c1-10(24)19-14-8-13(20-16-17-6-4-15(21-16)25-3)11(9-18-14)12-5-7-23(2)22-12/h4-9H,1-3H3,(H2,17,18,19,20,21,24). The van der Waals surface area contributed by atoms with Crippen molar-refractivity contribution < 1.29 is 9.53 Å². The second-order valence-corrected chi connectivity index (χ2v) is 5.22. The Labute approximate surface area is 144 Å². The highest BCUT2D eigenvalue weighted by Crippen LogP contribution is 2.30. The highest BCUT2D eigenvalue weighted by molar-refractivity contribution is 5.89. The van der Waals surface area contributed by atoms with Crippen molar-refractivity contribution in [3.05, 3.63) is 36.8 Å². The van der Waals surface area contributed by atoms with Crippen LogP contribution >= 0.6 is 0 Å². The van der Waals surface area contributed by atoms with E-state index in [2.05, 4.69) is 30.7 Å². The molecule has 3 aromatic heterocycles. The fourth-order valence-electron chi connectivity index (χ4n) is 2.21. The zero-order valence-electron chi connectivity index (χ0n) is 14.0. The molecule has 0 radical (unpaired) electrons. The lowest BCUT2D eigenvalue weighted by Gasteiger charge is -2.12. The number of methoxy groups -OCH3 is 1. The molecule has 3 heterocycles. The van der Waals surface area contributed by atoms with Crippen molar-refractivity contribution in [2.75, 3.05) is 17.7 Å². The Morgan fingerprint density at radius 1 is 1.28 bits per heavy atom. The first-order valence-electron chi connectivity index (χ1n) is 7.47. The van der Waals surface area contributed by atoms with E-state index in [1.54, 1.807) is 29.2 Å². The first kappa shape index (κ1) is 16.4. The molecule has 0 aliphatic heterocycles. The molecule has 0 saturated heterocycles. The van der Waals surface area contributed by atoms with Crippen LogP contribution in [0, 0.1) is 0 Å². The number of carbonyl (C=O) groups is 1. The van der Waals surface area contributed by atoms with Gasteiger partial charge in [0.15, 0.2) is 0 Å². The molecule has 0 spiro atoms. The second kappa shape index (κ2) is 6.95. The third-order valence-electron chi connectivity index (χ3n) is 3.28. The van der Waals surface area contributed by atoms with Gasteiger partial charge in [-0.15, -0.1) is 0 Å². The van der Waals surface area contributed by atoms with Gasteiger partial charge in [-0.05, 0) is 6.07 Å². The third-order valence-corrected chi connectivity index (χ3v) is 3.28. The Morgan fingerprint density at radius 2 is 2.12 bits per heavy atom. The first-order chi connectivity index (χ1) is 12.0. The quantitative estimate of drug-likeness (QED) is 0.732. The van der Waals surface area contributed by atoms with E-state index < -0.39 is 0 Å². The van der Waals surface area contributed by atoms with Gasteiger partial charge in [0.2, 0.25) is 17.7 Å². The molecule has 9 heteroatoms. The van der Waals surface area contributed by atoms with E-state index in [9.17, 15) is 4.79 Å². The van der Waals surface area contributed by atoms with Gasteiger partial charge in [0.05, 0.1) is 18.5 Å². The molecular weight excluding hydrogens is 322 g/mol. The first-order valence-corrected chi connectivity index (χ1v) is 7.47. The van der Waals surface area contributed by atoms with Crippen LogP contribution in [0.2, 0.25) is 0 Å². The molecule has 0 fully saturated rings. The molecule has 9 nitrogen and oxygen atoms in total. The smallest absolute Gasteiger partial charge is 0.230 e. The maximum absolute atomic E-state index is 11.3. The van der Waals surface area contributed by atoms with Crippen molar-refractivity contribution in [2.24, 2.45) is 7.05 Å². The van der Waals surface area contributed by atoms with E-state index in [1.165, 1.54) is 14.0 Å². The van der Waals surface area contributed by atoms with Gasteiger partial charge in [0.25, 0.3) is 0 Å². The zero-order valence-corrected chi connectivity index (χ0v) is 14.0. The topological polar surface area (TPSA) is 107 Å². The number of aromatic nitrogens is 5. The van der Waals surface area contributed by atoms with Crippen LogP contribution in [0.5, 0.6) is 5.88 Å². The number of carbonyl (C=O) groups excluding carboxylic acids is 1. The number of ether oxygens (including phenoxy) is 1. The zero-order chi connectivity index (χ0) is 17.8. The van der Waals surface area contributed by atoms with Crippen LogP contribution in [-0.4, -0.2) is 37.7 Å². The summed E-state index contributed by atoms with van der Waals surface area (Å²) in [6, 6.07) is 5.22. The monoisotopic (exact) mass is 339 g/mol. The number of hydrogen-bond donors (Lipinski definition) is 2. The number of anilines is 3. The summed E-state index contributed by atoms with van der Waals surface area (Å²) in [5.41, 5.74) is 2.14. The average molecular weight is 339 g/mol. The van der Waals surface area contributed by atoms with Crippen molar-refractivity contribution >= 4 is 23.4 Å². The summed E-state index contributed by atoms with van der Waals surface area (Å²) in [6.07, 6.45) is 5.06. The normalized spacial score (nSPS) is 10.4. The van der Waals surface area contributed by atoms with Gasteiger partial charge >= 0.3 is 0 Å². The van der Waals surface area contributed by atoms with Crippen LogP contribution in [0.25, 0.3) is 11.3 Å². The molecule has 0 aliphatic rings. The van der Waals surface area contributed by atoms with E-state index in [1.807, 2.05) is 19.3 Å². The molecule has 0 aliphatic carbocycles. The number of hydrogen-bond acceptors (Lipinski definition) is 7. The summed E-state index contributed by atoms with van der Waals surface area (Å²) in [4.78, 5) is 24.0. The molecule has 2 N–H and O–H groups in total. The van der Waals surface area contributed by atoms with E-state index >= 15 is 0 Å². The summed E-state index contributed by atoms with van der Waals surface area (Å²) in [5.74, 6) is 1.00. The summed E-state index contributed by atoms with van der Waals surface area (Å²) < 4.78 is 6.81. The van der Waals surface area contributed by atoms with E-state index in [-0.39, 0.29) is 5.91 Å². The highest BCUT2D eigenvalue weighted by atomic mass is 16.5. The lowest BCUT2D eigenvalue weighted by molar-refractivity contribution is -0.114. The molecule has 25 heavy (non-hydrogen) atoms. The predicted octanol–water partition coefficient (Wildman–Crippen LogP) is 1.98.